The minimum Gasteiger partial charge on any atom is -0.492 e. The van der Waals surface area contributed by atoms with Gasteiger partial charge in [0.25, 0.3) is 5.91 Å². The van der Waals surface area contributed by atoms with Crippen molar-refractivity contribution in [2.24, 2.45) is 5.92 Å². The average Bonchev–Trinajstić information content (AvgIpc) is 2.99. The summed E-state index contributed by atoms with van der Waals surface area (Å²) in [4.78, 5) is 39.2. The minimum absolute atomic E-state index is 0.118. The molecule has 1 aromatic heterocycles. The summed E-state index contributed by atoms with van der Waals surface area (Å²) in [5, 5.41) is 12.6. The van der Waals surface area contributed by atoms with Gasteiger partial charge in [0, 0.05) is 38.9 Å². The van der Waals surface area contributed by atoms with Crippen molar-refractivity contribution >= 4 is 46.4 Å². The van der Waals surface area contributed by atoms with Crippen molar-refractivity contribution < 1.29 is 19.4 Å². The first-order valence-electron chi connectivity index (χ1n) is 12.4. The van der Waals surface area contributed by atoms with Crippen molar-refractivity contribution in [1.29, 1.82) is 0 Å². The number of hydrogen-bond donors (Lipinski definition) is 2. The molecule has 0 bridgehead atoms. The molecule has 1 fully saturated rings. The van der Waals surface area contributed by atoms with E-state index in [1.165, 1.54) is 0 Å². The molecule has 1 saturated heterocycles. The van der Waals surface area contributed by atoms with Crippen LogP contribution in [0.25, 0.3) is 0 Å². The minimum atomic E-state index is -0.723. The van der Waals surface area contributed by atoms with Crippen LogP contribution in [-0.4, -0.2) is 60.7 Å². The average molecular weight is 503 g/mol. The number of carboxylic acids is 1. The number of carbonyl (C=O) groups is 2. The molecule has 0 spiro atoms. The number of piperidine rings is 1. The number of anilines is 6. The summed E-state index contributed by atoms with van der Waals surface area (Å²) in [5.74, 6) is 0.515. The number of amides is 1. The van der Waals surface area contributed by atoms with E-state index in [9.17, 15) is 14.7 Å². The fourth-order valence-electron chi connectivity index (χ4n) is 4.85. The normalized spacial score (nSPS) is 15.6. The molecule has 0 unspecified atom stereocenters. The van der Waals surface area contributed by atoms with E-state index in [0.29, 0.717) is 67.0 Å². The lowest BCUT2D eigenvalue weighted by Crippen LogP contribution is -2.36. The zero-order chi connectivity index (χ0) is 26.1. The molecule has 2 aromatic carbocycles. The zero-order valence-corrected chi connectivity index (χ0v) is 21.1. The summed E-state index contributed by atoms with van der Waals surface area (Å²) >= 11 is 0. The number of aromatic nitrogens is 2. The van der Waals surface area contributed by atoms with Gasteiger partial charge in [0.2, 0.25) is 5.95 Å². The van der Waals surface area contributed by atoms with Crippen LogP contribution in [0.5, 0.6) is 5.75 Å². The maximum atomic E-state index is 13.0. The number of nitrogens with zero attached hydrogens (tertiary/aromatic N) is 5. The van der Waals surface area contributed by atoms with Gasteiger partial charge in [-0.15, -0.1) is 0 Å². The summed E-state index contributed by atoms with van der Waals surface area (Å²) in [7, 11) is 3.60. The molecule has 0 radical (unpaired) electrons. The van der Waals surface area contributed by atoms with Crippen LogP contribution in [0.3, 0.4) is 0 Å². The second kappa shape index (κ2) is 9.96. The molecule has 10 nitrogen and oxygen atoms in total. The number of nitrogens with one attached hydrogen (secondary N) is 1. The highest BCUT2D eigenvalue weighted by Gasteiger charge is 2.29. The van der Waals surface area contributed by atoms with E-state index in [-0.39, 0.29) is 11.8 Å². The van der Waals surface area contributed by atoms with E-state index in [2.05, 4.69) is 15.2 Å². The third-order valence-electron chi connectivity index (χ3n) is 6.95. The number of ether oxygens (including phenoxy) is 1. The fourth-order valence-corrected chi connectivity index (χ4v) is 4.85. The number of aliphatic carboxylic acids is 1. The number of carbonyl (C=O) groups excluding carboxylic acids is 1. The van der Waals surface area contributed by atoms with Gasteiger partial charge in [-0.05, 0) is 44.0 Å². The van der Waals surface area contributed by atoms with E-state index in [0.717, 1.165) is 11.4 Å². The van der Waals surface area contributed by atoms with E-state index < -0.39 is 5.97 Å². The van der Waals surface area contributed by atoms with Gasteiger partial charge in [0.1, 0.15) is 11.4 Å². The number of hydrogen-bond acceptors (Lipinski definition) is 8. The Morgan fingerprint density at radius 1 is 1.11 bits per heavy atom. The molecule has 0 aliphatic carbocycles. The monoisotopic (exact) mass is 502 g/mol. The van der Waals surface area contributed by atoms with Gasteiger partial charge < -0.3 is 29.9 Å². The smallest absolute Gasteiger partial charge is 0.306 e. The lowest BCUT2D eigenvalue weighted by Gasteiger charge is -2.32. The van der Waals surface area contributed by atoms with Crippen LogP contribution in [-0.2, 0) is 4.79 Å². The van der Waals surface area contributed by atoms with Crippen LogP contribution in [0.15, 0.2) is 48.7 Å². The third kappa shape index (κ3) is 4.62. The van der Waals surface area contributed by atoms with Gasteiger partial charge in [-0.25, -0.2) is 4.98 Å². The molecule has 2 aliphatic heterocycles. The molecular formula is C27H30N6O4. The first kappa shape index (κ1) is 24.4. The molecule has 5 rings (SSSR count). The van der Waals surface area contributed by atoms with E-state index in [4.69, 9.17) is 9.72 Å². The third-order valence-corrected chi connectivity index (χ3v) is 6.95. The number of rotatable bonds is 6. The van der Waals surface area contributed by atoms with Crippen molar-refractivity contribution in [3.8, 4) is 5.75 Å². The van der Waals surface area contributed by atoms with E-state index in [1.807, 2.05) is 61.3 Å². The highest BCUT2D eigenvalue weighted by atomic mass is 16.5. The molecule has 3 heterocycles. The van der Waals surface area contributed by atoms with Crippen molar-refractivity contribution in [2.75, 3.05) is 53.8 Å². The summed E-state index contributed by atoms with van der Waals surface area (Å²) < 4.78 is 5.93. The van der Waals surface area contributed by atoms with Crippen molar-refractivity contribution in [3.05, 3.63) is 54.2 Å². The first-order chi connectivity index (χ1) is 17.9. The van der Waals surface area contributed by atoms with E-state index >= 15 is 0 Å². The highest BCUT2D eigenvalue weighted by molar-refractivity contribution is 6.13. The standard InChI is InChI=1S/C27H30N6O4/c1-4-37-23-15-18(33-13-11-17(12-14-33)26(35)36)9-10-20(23)29-27-28-16-22-24(30-27)31(2)21-8-6-5-7-19(21)25(34)32(22)3/h5-10,15-17H,4,11-14H2,1-3H3,(H,35,36)(H,28,29,30). The number of fused-ring (bicyclic) bond motifs is 2. The second-order valence-electron chi connectivity index (χ2n) is 9.18. The number of para-hydroxylation sites is 1. The summed E-state index contributed by atoms with van der Waals surface area (Å²) in [6.07, 6.45) is 2.89. The summed E-state index contributed by atoms with van der Waals surface area (Å²) in [6.45, 7) is 3.77. The topological polar surface area (TPSA) is 111 Å². The quantitative estimate of drug-likeness (QED) is 0.510. The van der Waals surface area contributed by atoms with Crippen LogP contribution >= 0.6 is 0 Å². The Hall–Kier alpha value is -4.34. The Morgan fingerprint density at radius 2 is 1.86 bits per heavy atom. The Bertz CT molecular complexity index is 1340. The molecular weight excluding hydrogens is 472 g/mol. The van der Waals surface area contributed by atoms with Gasteiger partial charge >= 0.3 is 5.97 Å². The van der Waals surface area contributed by atoms with Crippen molar-refractivity contribution in [1.82, 2.24) is 9.97 Å². The Labute approximate surface area is 215 Å². The lowest BCUT2D eigenvalue weighted by molar-refractivity contribution is -0.142. The van der Waals surface area contributed by atoms with Gasteiger partial charge in [0.05, 0.1) is 35.7 Å². The maximum absolute atomic E-state index is 13.0. The molecule has 192 valence electrons. The van der Waals surface area contributed by atoms with Crippen molar-refractivity contribution in [3.63, 3.8) is 0 Å². The zero-order valence-electron chi connectivity index (χ0n) is 21.1. The predicted octanol–water partition coefficient (Wildman–Crippen LogP) is 4.28. The maximum Gasteiger partial charge on any atom is 0.306 e. The van der Waals surface area contributed by atoms with Crippen molar-refractivity contribution in [2.45, 2.75) is 19.8 Å². The van der Waals surface area contributed by atoms with Gasteiger partial charge in [-0.2, -0.15) is 4.98 Å². The molecule has 2 aliphatic rings. The summed E-state index contributed by atoms with van der Waals surface area (Å²) in [6, 6.07) is 13.3. The second-order valence-corrected chi connectivity index (χ2v) is 9.18. The van der Waals surface area contributed by atoms with Crippen LogP contribution in [0, 0.1) is 5.92 Å². The van der Waals surface area contributed by atoms with Gasteiger partial charge in [-0.1, -0.05) is 12.1 Å². The number of carboxylic acid groups (broad SMARTS) is 1. The summed E-state index contributed by atoms with van der Waals surface area (Å²) in [5.41, 5.74) is 3.68. The molecule has 0 atom stereocenters. The highest BCUT2D eigenvalue weighted by Crippen LogP contribution is 2.39. The van der Waals surface area contributed by atoms with Gasteiger partial charge in [-0.3, -0.25) is 9.59 Å². The van der Waals surface area contributed by atoms with E-state index in [1.54, 1.807) is 18.1 Å². The number of benzene rings is 2. The largest absolute Gasteiger partial charge is 0.492 e. The SMILES string of the molecule is CCOc1cc(N2CCC(C(=O)O)CC2)ccc1Nc1ncc2c(n1)N(C)c1ccccc1C(=O)N2C. The fraction of sp³-hybridized carbons (Fsp3) is 0.333. The molecule has 0 saturated carbocycles. The molecule has 37 heavy (non-hydrogen) atoms. The molecule has 1 amide bonds. The first-order valence-corrected chi connectivity index (χ1v) is 12.4. The van der Waals surface area contributed by atoms with Crippen LogP contribution in [0.2, 0.25) is 0 Å². The molecule has 2 N–H and O–H groups in total. The Balaban J connectivity index is 1.42. The van der Waals surface area contributed by atoms with Crippen LogP contribution in [0.1, 0.15) is 30.1 Å². The molecule has 10 heteroatoms. The lowest BCUT2D eigenvalue weighted by atomic mass is 9.97. The van der Waals surface area contributed by atoms with Crippen LogP contribution < -0.4 is 24.8 Å². The van der Waals surface area contributed by atoms with Crippen LogP contribution in [0.4, 0.5) is 34.5 Å². The molecule has 3 aromatic rings. The van der Waals surface area contributed by atoms with Gasteiger partial charge in [0.15, 0.2) is 5.82 Å². The Morgan fingerprint density at radius 3 is 2.59 bits per heavy atom. The Kier molecular flexibility index (Phi) is 6.56. The predicted molar refractivity (Wildman–Crippen MR) is 143 cm³/mol.